The molecule has 152 valence electrons. The number of halogens is 1. The van der Waals surface area contributed by atoms with Crippen LogP contribution < -0.4 is 5.32 Å². The first-order valence-corrected chi connectivity index (χ1v) is 10.0. The number of hydrogen-bond acceptors (Lipinski definition) is 2. The summed E-state index contributed by atoms with van der Waals surface area (Å²) in [7, 11) is 1.95. The maximum Gasteiger partial charge on any atom is 0.142 e. The third kappa shape index (κ3) is 12.4. The van der Waals surface area contributed by atoms with Crippen LogP contribution in [-0.2, 0) is 11.2 Å². The van der Waals surface area contributed by atoms with Crippen molar-refractivity contribution in [3.8, 4) is 0 Å². The molecule has 0 aliphatic carbocycles. The van der Waals surface area contributed by atoms with Crippen LogP contribution in [0.25, 0.3) is 6.08 Å². The van der Waals surface area contributed by atoms with Crippen molar-refractivity contribution in [1.82, 2.24) is 5.32 Å². The predicted octanol–water partition coefficient (Wildman–Crippen LogP) is 6.30. The second kappa shape index (κ2) is 15.3. The van der Waals surface area contributed by atoms with Crippen molar-refractivity contribution in [2.45, 2.75) is 20.3 Å². The minimum atomic E-state index is 0.771. The van der Waals surface area contributed by atoms with E-state index in [-0.39, 0.29) is 0 Å². The number of benzene rings is 3. The molecule has 0 bridgehead atoms. The summed E-state index contributed by atoms with van der Waals surface area (Å²) in [6.07, 6.45) is 5.09. The Morgan fingerprint density at radius 3 is 1.86 bits per heavy atom. The van der Waals surface area contributed by atoms with Gasteiger partial charge in [-0.15, -0.1) is 0 Å². The number of nitrogens with one attached hydrogen (secondary N) is 1. The SMILES string of the molecule is CNCCc1ccc(Cl)cc1.Cc1ccc(C)cc1.O=C/C=C/c1ccccc1. The number of hydrogen-bond donors (Lipinski definition) is 1. The summed E-state index contributed by atoms with van der Waals surface area (Å²) in [6, 6.07) is 26.1. The third-order valence-corrected chi connectivity index (χ3v) is 4.21. The molecule has 3 rings (SSSR count). The number of likely N-dealkylation sites (N-methyl/N-ethyl adjacent to an activating group) is 1. The lowest BCUT2D eigenvalue weighted by molar-refractivity contribution is -0.104. The summed E-state index contributed by atoms with van der Waals surface area (Å²) in [5, 5.41) is 3.90. The van der Waals surface area contributed by atoms with Crippen molar-refractivity contribution in [2.75, 3.05) is 13.6 Å². The highest BCUT2D eigenvalue weighted by molar-refractivity contribution is 6.30. The first-order chi connectivity index (χ1) is 14.0. The standard InChI is InChI=1S/C9H12ClN.C9H8O.C8H10/c1-11-7-6-8-2-4-9(10)5-3-8;10-8-4-7-9-5-2-1-3-6-9;1-7-3-5-8(2)6-4-7/h2-5,11H,6-7H2,1H3;1-8H;3-6H,1-2H3/b;7-4+;. The highest BCUT2D eigenvalue weighted by Gasteiger charge is 1.90. The van der Waals surface area contributed by atoms with Crippen LogP contribution in [0.5, 0.6) is 0 Å². The van der Waals surface area contributed by atoms with Crippen molar-refractivity contribution in [2.24, 2.45) is 0 Å². The van der Waals surface area contributed by atoms with E-state index in [9.17, 15) is 4.79 Å². The van der Waals surface area contributed by atoms with Crippen LogP contribution in [-0.4, -0.2) is 19.9 Å². The summed E-state index contributed by atoms with van der Waals surface area (Å²) in [4.78, 5) is 9.89. The lowest BCUT2D eigenvalue weighted by atomic mass is 10.1. The van der Waals surface area contributed by atoms with E-state index in [0.29, 0.717) is 0 Å². The van der Waals surface area contributed by atoms with Gasteiger partial charge in [-0.25, -0.2) is 0 Å². The van der Waals surface area contributed by atoms with E-state index in [1.165, 1.54) is 22.8 Å². The van der Waals surface area contributed by atoms with Gasteiger partial charge in [-0.3, -0.25) is 4.79 Å². The Bertz CT molecular complexity index is 804. The van der Waals surface area contributed by atoms with Gasteiger partial charge in [0.25, 0.3) is 0 Å². The summed E-state index contributed by atoms with van der Waals surface area (Å²) in [5.74, 6) is 0. The van der Waals surface area contributed by atoms with Crippen molar-refractivity contribution in [3.63, 3.8) is 0 Å². The zero-order valence-corrected chi connectivity index (χ0v) is 18.2. The first-order valence-electron chi connectivity index (χ1n) is 9.64. The van der Waals surface area contributed by atoms with E-state index >= 15 is 0 Å². The van der Waals surface area contributed by atoms with Crippen LogP contribution in [0, 0.1) is 13.8 Å². The quantitative estimate of drug-likeness (QED) is 0.397. The van der Waals surface area contributed by atoms with Gasteiger partial charge in [-0.05, 0) is 63.2 Å². The van der Waals surface area contributed by atoms with Crippen LogP contribution in [0.4, 0.5) is 0 Å². The van der Waals surface area contributed by atoms with Gasteiger partial charge >= 0.3 is 0 Å². The molecule has 0 aliphatic rings. The lowest BCUT2D eigenvalue weighted by Gasteiger charge is -1.99. The molecular weight excluding hydrogens is 378 g/mol. The fourth-order valence-corrected chi connectivity index (χ4v) is 2.40. The van der Waals surface area contributed by atoms with Crippen LogP contribution >= 0.6 is 11.6 Å². The van der Waals surface area contributed by atoms with Crippen molar-refractivity contribution in [3.05, 3.63) is 112 Å². The highest BCUT2D eigenvalue weighted by atomic mass is 35.5. The molecule has 0 unspecified atom stereocenters. The summed E-state index contributed by atoms with van der Waals surface area (Å²) in [6.45, 7) is 5.21. The van der Waals surface area contributed by atoms with E-state index < -0.39 is 0 Å². The van der Waals surface area contributed by atoms with E-state index in [0.717, 1.165) is 29.8 Å². The zero-order chi connectivity index (χ0) is 21.3. The van der Waals surface area contributed by atoms with E-state index in [1.54, 1.807) is 6.08 Å². The molecule has 29 heavy (non-hydrogen) atoms. The fourth-order valence-electron chi connectivity index (χ4n) is 2.27. The Morgan fingerprint density at radius 2 is 1.38 bits per heavy atom. The molecule has 0 amide bonds. The molecule has 0 aliphatic heterocycles. The Labute approximate surface area is 180 Å². The van der Waals surface area contributed by atoms with E-state index in [2.05, 4.69) is 55.6 Å². The largest absolute Gasteiger partial charge is 0.319 e. The van der Waals surface area contributed by atoms with Crippen LogP contribution in [0.2, 0.25) is 5.02 Å². The molecule has 0 saturated heterocycles. The first kappa shape index (κ1) is 24.4. The summed E-state index contributed by atoms with van der Waals surface area (Å²) >= 11 is 5.73. The van der Waals surface area contributed by atoms with Crippen molar-refractivity contribution >= 4 is 24.0 Å². The van der Waals surface area contributed by atoms with Crippen molar-refractivity contribution in [1.29, 1.82) is 0 Å². The Kier molecular flexibility index (Phi) is 12.8. The minimum absolute atomic E-state index is 0.771. The van der Waals surface area contributed by atoms with Crippen LogP contribution in [0.1, 0.15) is 22.3 Å². The van der Waals surface area contributed by atoms with E-state index in [1.807, 2.05) is 49.5 Å². The van der Waals surface area contributed by atoms with Gasteiger partial charge in [0.05, 0.1) is 0 Å². The maximum absolute atomic E-state index is 9.89. The topological polar surface area (TPSA) is 29.1 Å². The molecule has 0 radical (unpaired) electrons. The molecular formula is C26H30ClNO. The number of carbonyl (C=O) groups is 1. The van der Waals surface area contributed by atoms with Gasteiger partial charge in [-0.2, -0.15) is 0 Å². The molecule has 3 aromatic rings. The normalized spacial score (nSPS) is 9.79. The van der Waals surface area contributed by atoms with Gasteiger partial charge < -0.3 is 5.32 Å². The lowest BCUT2D eigenvalue weighted by Crippen LogP contribution is -2.09. The van der Waals surface area contributed by atoms with Gasteiger partial charge in [0, 0.05) is 5.02 Å². The second-order valence-corrected chi connectivity index (χ2v) is 6.98. The zero-order valence-electron chi connectivity index (χ0n) is 17.4. The number of rotatable bonds is 5. The molecule has 0 spiro atoms. The predicted molar refractivity (Wildman–Crippen MR) is 127 cm³/mol. The molecule has 0 heterocycles. The number of aryl methyl sites for hydroxylation is 2. The van der Waals surface area contributed by atoms with Gasteiger partial charge in [0.15, 0.2) is 0 Å². The van der Waals surface area contributed by atoms with Gasteiger partial charge in [0.2, 0.25) is 0 Å². The highest BCUT2D eigenvalue weighted by Crippen LogP contribution is 2.09. The molecule has 2 nitrogen and oxygen atoms in total. The molecule has 0 atom stereocenters. The Hall–Kier alpha value is -2.68. The third-order valence-electron chi connectivity index (χ3n) is 3.96. The molecule has 0 aromatic heterocycles. The van der Waals surface area contributed by atoms with Crippen LogP contribution in [0.3, 0.4) is 0 Å². The number of allylic oxidation sites excluding steroid dienone is 1. The number of carbonyl (C=O) groups excluding carboxylic acids is 1. The minimum Gasteiger partial charge on any atom is -0.319 e. The Balaban J connectivity index is 0.000000220. The number of aldehydes is 1. The monoisotopic (exact) mass is 407 g/mol. The summed E-state index contributed by atoms with van der Waals surface area (Å²) < 4.78 is 0. The molecule has 1 N–H and O–H groups in total. The maximum atomic E-state index is 9.89. The second-order valence-electron chi connectivity index (χ2n) is 6.54. The van der Waals surface area contributed by atoms with Crippen LogP contribution in [0.15, 0.2) is 84.9 Å². The molecule has 3 heteroatoms. The Morgan fingerprint density at radius 1 is 0.828 bits per heavy atom. The average molecular weight is 408 g/mol. The molecule has 0 saturated carbocycles. The molecule has 0 fully saturated rings. The van der Waals surface area contributed by atoms with Gasteiger partial charge in [0.1, 0.15) is 6.29 Å². The fraction of sp³-hybridized carbons (Fsp3) is 0.192. The molecule has 3 aromatic carbocycles. The smallest absolute Gasteiger partial charge is 0.142 e. The van der Waals surface area contributed by atoms with E-state index in [4.69, 9.17) is 11.6 Å². The van der Waals surface area contributed by atoms with Gasteiger partial charge in [-0.1, -0.05) is 95.5 Å². The average Bonchev–Trinajstić information content (AvgIpc) is 2.76. The summed E-state index contributed by atoms with van der Waals surface area (Å²) in [5.41, 5.74) is 5.03. The van der Waals surface area contributed by atoms with Crippen molar-refractivity contribution < 1.29 is 4.79 Å².